The zero-order valence-electron chi connectivity index (χ0n) is 9.47. The predicted molar refractivity (Wildman–Crippen MR) is 66.8 cm³/mol. The lowest BCUT2D eigenvalue weighted by molar-refractivity contribution is 0.288. The molecular formula is C14H15NO2. The highest BCUT2D eigenvalue weighted by molar-refractivity contribution is 5.38. The Hall–Kier alpha value is -2.00. The zero-order chi connectivity index (χ0) is 12.1. The second kappa shape index (κ2) is 5.37. The summed E-state index contributed by atoms with van der Waals surface area (Å²) in [4.78, 5) is 0. The van der Waals surface area contributed by atoms with Crippen LogP contribution in [0.4, 0.5) is 0 Å². The number of phenols is 1. The number of aromatic hydroxyl groups is 1. The molecule has 0 aliphatic heterocycles. The van der Waals surface area contributed by atoms with Crippen molar-refractivity contribution in [2.45, 2.75) is 13.2 Å². The van der Waals surface area contributed by atoms with Crippen molar-refractivity contribution in [3.8, 4) is 11.5 Å². The van der Waals surface area contributed by atoms with Gasteiger partial charge < -0.3 is 15.6 Å². The van der Waals surface area contributed by atoms with Crippen molar-refractivity contribution >= 4 is 0 Å². The summed E-state index contributed by atoms with van der Waals surface area (Å²) < 4.78 is 5.56. The molecule has 0 unspecified atom stereocenters. The molecule has 2 aromatic rings. The number of nitrogens with two attached hydrogens (primary N) is 1. The van der Waals surface area contributed by atoms with E-state index >= 15 is 0 Å². The molecule has 3 heteroatoms. The molecule has 0 heterocycles. The van der Waals surface area contributed by atoms with Crippen LogP contribution in [-0.4, -0.2) is 5.11 Å². The fourth-order valence-electron chi connectivity index (χ4n) is 1.63. The van der Waals surface area contributed by atoms with Crippen molar-refractivity contribution in [3.63, 3.8) is 0 Å². The molecule has 0 spiro atoms. The Balaban J connectivity index is 2.10. The zero-order valence-corrected chi connectivity index (χ0v) is 9.47. The van der Waals surface area contributed by atoms with Gasteiger partial charge in [-0.1, -0.05) is 36.4 Å². The van der Waals surface area contributed by atoms with E-state index in [0.29, 0.717) is 18.9 Å². The monoisotopic (exact) mass is 229 g/mol. The average molecular weight is 229 g/mol. The molecule has 0 amide bonds. The largest absolute Gasteiger partial charge is 0.504 e. The Morgan fingerprint density at radius 3 is 2.29 bits per heavy atom. The van der Waals surface area contributed by atoms with Gasteiger partial charge in [-0.05, 0) is 23.3 Å². The van der Waals surface area contributed by atoms with Crippen molar-refractivity contribution in [1.29, 1.82) is 0 Å². The van der Waals surface area contributed by atoms with Gasteiger partial charge in [-0.3, -0.25) is 0 Å². The lowest BCUT2D eigenvalue weighted by Crippen LogP contribution is -2.04. The summed E-state index contributed by atoms with van der Waals surface area (Å²) >= 11 is 0. The highest BCUT2D eigenvalue weighted by Crippen LogP contribution is 2.25. The Labute approximate surface area is 100 Å². The van der Waals surface area contributed by atoms with Crippen LogP contribution in [0.1, 0.15) is 11.1 Å². The summed E-state index contributed by atoms with van der Waals surface area (Å²) in [5, 5.41) is 9.57. The molecule has 3 N–H and O–H groups in total. The molecule has 0 saturated carbocycles. The smallest absolute Gasteiger partial charge is 0.161 e. The Bertz CT molecular complexity index is 497. The van der Waals surface area contributed by atoms with Crippen LogP contribution in [0, 0.1) is 0 Å². The molecule has 2 rings (SSSR count). The van der Waals surface area contributed by atoms with Crippen LogP contribution in [-0.2, 0) is 13.2 Å². The van der Waals surface area contributed by atoms with Crippen molar-refractivity contribution < 1.29 is 9.84 Å². The molecule has 0 saturated heterocycles. The maximum atomic E-state index is 9.57. The fourth-order valence-corrected chi connectivity index (χ4v) is 1.63. The number of para-hydroxylation sites is 2. The molecule has 3 nitrogen and oxygen atoms in total. The van der Waals surface area contributed by atoms with Gasteiger partial charge in [0.15, 0.2) is 11.5 Å². The molecule has 0 bridgehead atoms. The maximum Gasteiger partial charge on any atom is 0.161 e. The average Bonchev–Trinajstić information content (AvgIpc) is 2.38. The van der Waals surface area contributed by atoms with E-state index in [1.54, 1.807) is 18.2 Å². The predicted octanol–water partition coefficient (Wildman–Crippen LogP) is 2.43. The third-order valence-electron chi connectivity index (χ3n) is 2.59. The van der Waals surface area contributed by atoms with Crippen molar-refractivity contribution in [1.82, 2.24) is 0 Å². The van der Waals surface area contributed by atoms with Crippen LogP contribution in [0.25, 0.3) is 0 Å². The lowest BCUT2D eigenvalue weighted by atomic mass is 10.1. The number of benzene rings is 2. The van der Waals surface area contributed by atoms with E-state index in [9.17, 15) is 5.11 Å². The summed E-state index contributed by atoms with van der Waals surface area (Å²) in [5.74, 6) is 0.636. The number of rotatable bonds is 4. The first-order valence-electron chi connectivity index (χ1n) is 5.49. The third kappa shape index (κ3) is 2.77. The molecule has 17 heavy (non-hydrogen) atoms. The first-order chi connectivity index (χ1) is 8.31. The Morgan fingerprint density at radius 2 is 1.59 bits per heavy atom. The highest BCUT2D eigenvalue weighted by Gasteiger charge is 2.03. The van der Waals surface area contributed by atoms with E-state index in [4.69, 9.17) is 10.5 Å². The molecule has 2 aromatic carbocycles. The summed E-state index contributed by atoms with van der Waals surface area (Å²) in [5.41, 5.74) is 7.74. The summed E-state index contributed by atoms with van der Waals surface area (Å²) in [7, 11) is 0. The minimum atomic E-state index is 0.151. The van der Waals surface area contributed by atoms with E-state index in [0.717, 1.165) is 11.1 Å². The second-order valence-corrected chi connectivity index (χ2v) is 3.73. The number of hydrogen-bond acceptors (Lipinski definition) is 3. The quantitative estimate of drug-likeness (QED) is 0.846. The number of hydrogen-bond donors (Lipinski definition) is 2. The molecule has 0 radical (unpaired) electrons. The standard InChI is InChI=1S/C14H15NO2/c15-9-11-5-1-2-6-12(11)10-17-14-8-4-3-7-13(14)16/h1-8,16H,9-10,15H2. The Morgan fingerprint density at radius 1 is 0.941 bits per heavy atom. The van der Waals surface area contributed by atoms with E-state index in [1.165, 1.54) is 0 Å². The fraction of sp³-hybridized carbons (Fsp3) is 0.143. The van der Waals surface area contributed by atoms with Crippen molar-refractivity contribution in [2.24, 2.45) is 5.73 Å². The van der Waals surface area contributed by atoms with Gasteiger partial charge in [-0.25, -0.2) is 0 Å². The SMILES string of the molecule is NCc1ccccc1COc1ccccc1O. The van der Waals surface area contributed by atoms with Gasteiger partial charge in [0, 0.05) is 6.54 Å². The van der Waals surface area contributed by atoms with Crippen LogP contribution in [0.2, 0.25) is 0 Å². The normalized spacial score (nSPS) is 10.2. The number of ether oxygens (including phenoxy) is 1. The van der Waals surface area contributed by atoms with Crippen LogP contribution in [0.15, 0.2) is 48.5 Å². The van der Waals surface area contributed by atoms with Crippen LogP contribution in [0.3, 0.4) is 0 Å². The van der Waals surface area contributed by atoms with Gasteiger partial charge in [0.05, 0.1) is 0 Å². The number of phenolic OH excluding ortho intramolecular Hbond substituents is 1. The van der Waals surface area contributed by atoms with Crippen LogP contribution in [0.5, 0.6) is 11.5 Å². The highest BCUT2D eigenvalue weighted by atomic mass is 16.5. The van der Waals surface area contributed by atoms with Gasteiger partial charge >= 0.3 is 0 Å². The van der Waals surface area contributed by atoms with Gasteiger partial charge in [0.1, 0.15) is 6.61 Å². The second-order valence-electron chi connectivity index (χ2n) is 3.73. The molecule has 0 aliphatic carbocycles. The van der Waals surface area contributed by atoms with Gasteiger partial charge in [-0.15, -0.1) is 0 Å². The summed E-state index contributed by atoms with van der Waals surface area (Å²) in [6.45, 7) is 0.894. The molecule has 0 aliphatic rings. The van der Waals surface area contributed by atoms with E-state index in [1.807, 2.05) is 30.3 Å². The first-order valence-corrected chi connectivity index (χ1v) is 5.49. The van der Waals surface area contributed by atoms with Crippen molar-refractivity contribution in [3.05, 3.63) is 59.7 Å². The molecule has 0 atom stereocenters. The van der Waals surface area contributed by atoms with E-state index in [-0.39, 0.29) is 5.75 Å². The summed E-state index contributed by atoms with van der Waals surface area (Å²) in [6.07, 6.45) is 0. The van der Waals surface area contributed by atoms with Gasteiger partial charge in [0.25, 0.3) is 0 Å². The molecule has 88 valence electrons. The van der Waals surface area contributed by atoms with E-state index in [2.05, 4.69) is 0 Å². The third-order valence-corrected chi connectivity index (χ3v) is 2.59. The maximum absolute atomic E-state index is 9.57. The van der Waals surface area contributed by atoms with Gasteiger partial charge in [0.2, 0.25) is 0 Å². The summed E-state index contributed by atoms with van der Waals surface area (Å²) in [6, 6.07) is 14.8. The first kappa shape index (κ1) is 11.5. The topological polar surface area (TPSA) is 55.5 Å². The van der Waals surface area contributed by atoms with E-state index < -0.39 is 0 Å². The van der Waals surface area contributed by atoms with Crippen LogP contribution >= 0.6 is 0 Å². The minimum absolute atomic E-state index is 0.151. The molecular weight excluding hydrogens is 214 g/mol. The van der Waals surface area contributed by atoms with Gasteiger partial charge in [-0.2, -0.15) is 0 Å². The minimum Gasteiger partial charge on any atom is -0.504 e. The van der Waals surface area contributed by atoms with Crippen molar-refractivity contribution in [2.75, 3.05) is 0 Å². The van der Waals surface area contributed by atoms with Crippen LogP contribution < -0.4 is 10.5 Å². The Kier molecular flexibility index (Phi) is 3.62. The lowest BCUT2D eigenvalue weighted by Gasteiger charge is -2.10. The molecule has 0 fully saturated rings. The molecule has 0 aromatic heterocycles.